The van der Waals surface area contributed by atoms with Crippen LogP contribution in [0.2, 0.25) is 10.0 Å². The fourth-order valence-corrected chi connectivity index (χ4v) is 3.40. The Morgan fingerprint density at radius 3 is 2.32 bits per heavy atom. The number of likely N-dealkylation sites (N-methyl/N-ethyl adjacent to an activating group) is 1. The predicted molar refractivity (Wildman–Crippen MR) is 112 cm³/mol. The first-order valence-electron chi connectivity index (χ1n) is 9.01. The van der Waals surface area contributed by atoms with Crippen LogP contribution in [0, 0.1) is 6.92 Å². The quantitative estimate of drug-likeness (QED) is 0.691. The number of carbonyl (C=O) groups is 2. The van der Waals surface area contributed by atoms with Crippen LogP contribution in [0.4, 0.5) is 0 Å². The fourth-order valence-electron chi connectivity index (χ4n) is 2.88. The first kappa shape index (κ1) is 22.1. The molecule has 2 aromatic carbocycles. The molecule has 28 heavy (non-hydrogen) atoms. The Labute approximate surface area is 175 Å². The van der Waals surface area contributed by atoms with Gasteiger partial charge < -0.3 is 15.0 Å². The van der Waals surface area contributed by atoms with E-state index in [4.69, 9.17) is 27.9 Å². The average molecular weight is 423 g/mol. The number of benzene rings is 2. The monoisotopic (exact) mass is 422 g/mol. The van der Waals surface area contributed by atoms with Gasteiger partial charge in [0, 0.05) is 29.2 Å². The van der Waals surface area contributed by atoms with Crippen LogP contribution in [-0.2, 0) is 16.1 Å². The Hall–Kier alpha value is -2.24. The zero-order chi connectivity index (χ0) is 20.7. The van der Waals surface area contributed by atoms with Crippen molar-refractivity contribution in [3.8, 4) is 5.75 Å². The number of hydrogen-bond acceptors (Lipinski definition) is 3. The molecular formula is C21H24Cl2N2O3. The Bertz CT molecular complexity index is 822. The third-order valence-corrected chi connectivity index (χ3v) is 5.18. The number of nitrogens with zero attached hydrogens (tertiary/aromatic N) is 1. The molecule has 2 aromatic rings. The highest BCUT2D eigenvalue weighted by molar-refractivity contribution is 6.36. The van der Waals surface area contributed by atoms with Crippen molar-refractivity contribution in [2.75, 3.05) is 13.7 Å². The third-order valence-electron chi connectivity index (χ3n) is 4.47. The van der Waals surface area contributed by atoms with Gasteiger partial charge in [-0.25, -0.2) is 0 Å². The Morgan fingerprint density at radius 1 is 1.11 bits per heavy atom. The molecule has 1 atom stereocenters. The molecule has 0 radical (unpaired) electrons. The first-order chi connectivity index (χ1) is 13.4. The average Bonchev–Trinajstić information content (AvgIpc) is 2.68. The summed E-state index contributed by atoms with van der Waals surface area (Å²) in [6, 6.07) is 11.9. The molecule has 0 fully saturated rings. The number of halogens is 2. The van der Waals surface area contributed by atoms with Gasteiger partial charge in [-0.1, -0.05) is 54.4 Å². The van der Waals surface area contributed by atoms with Crippen molar-refractivity contribution >= 4 is 35.0 Å². The maximum Gasteiger partial charge on any atom is 0.261 e. The molecule has 150 valence electrons. The van der Waals surface area contributed by atoms with E-state index >= 15 is 0 Å². The molecule has 0 saturated heterocycles. The van der Waals surface area contributed by atoms with Gasteiger partial charge in [-0.05, 0) is 37.1 Å². The van der Waals surface area contributed by atoms with Crippen molar-refractivity contribution in [1.82, 2.24) is 10.2 Å². The minimum atomic E-state index is -0.662. The van der Waals surface area contributed by atoms with Gasteiger partial charge in [0.2, 0.25) is 5.91 Å². The summed E-state index contributed by atoms with van der Waals surface area (Å²) in [6.07, 6.45) is 0.442. The highest BCUT2D eigenvalue weighted by atomic mass is 35.5. The van der Waals surface area contributed by atoms with Crippen molar-refractivity contribution < 1.29 is 14.3 Å². The van der Waals surface area contributed by atoms with E-state index in [1.165, 1.54) is 4.90 Å². The van der Waals surface area contributed by atoms with Gasteiger partial charge in [0.1, 0.15) is 11.8 Å². The number of amides is 2. The molecule has 0 heterocycles. The molecule has 0 aliphatic heterocycles. The van der Waals surface area contributed by atoms with E-state index in [9.17, 15) is 9.59 Å². The summed E-state index contributed by atoms with van der Waals surface area (Å²) in [4.78, 5) is 26.8. The Kier molecular flexibility index (Phi) is 8.15. The van der Waals surface area contributed by atoms with Crippen LogP contribution in [0.5, 0.6) is 5.75 Å². The molecule has 2 amide bonds. The summed E-state index contributed by atoms with van der Waals surface area (Å²) < 4.78 is 5.70. The standard InChI is InChI=1S/C21H24Cl2N2O3/c1-4-18(21(27)24-3)25(12-15-16(22)9-7-10-17(15)23)20(26)13-28-19-11-6-5-8-14(19)2/h5-11,18H,4,12-13H2,1-3H3,(H,24,27). The molecule has 0 bridgehead atoms. The van der Waals surface area contributed by atoms with E-state index in [1.54, 1.807) is 31.3 Å². The smallest absolute Gasteiger partial charge is 0.261 e. The topological polar surface area (TPSA) is 58.6 Å². The molecule has 0 aliphatic rings. The molecule has 0 aliphatic carbocycles. The lowest BCUT2D eigenvalue weighted by atomic mass is 10.1. The van der Waals surface area contributed by atoms with Crippen molar-refractivity contribution in [1.29, 1.82) is 0 Å². The maximum atomic E-state index is 13.0. The van der Waals surface area contributed by atoms with Crippen molar-refractivity contribution in [3.63, 3.8) is 0 Å². The van der Waals surface area contributed by atoms with Gasteiger partial charge >= 0.3 is 0 Å². The lowest BCUT2D eigenvalue weighted by Gasteiger charge is -2.30. The molecule has 0 aromatic heterocycles. The molecule has 5 nitrogen and oxygen atoms in total. The van der Waals surface area contributed by atoms with Crippen molar-refractivity contribution in [2.24, 2.45) is 0 Å². The second kappa shape index (κ2) is 10.3. The van der Waals surface area contributed by atoms with E-state index in [0.717, 1.165) is 5.56 Å². The maximum absolute atomic E-state index is 13.0. The lowest BCUT2D eigenvalue weighted by Crippen LogP contribution is -2.49. The Balaban J connectivity index is 2.27. The molecule has 1 unspecified atom stereocenters. The van der Waals surface area contributed by atoms with Crippen LogP contribution in [0.1, 0.15) is 24.5 Å². The molecule has 0 saturated carbocycles. The molecule has 0 spiro atoms. The van der Waals surface area contributed by atoms with Crippen LogP contribution in [-0.4, -0.2) is 36.4 Å². The number of para-hydroxylation sites is 1. The van der Waals surface area contributed by atoms with E-state index in [2.05, 4.69) is 5.32 Å². The number of nitrogens with one attached hydrogen (secondary N) is 1. The SMILES string of the molecule is CCC(C(=O)NC)N(Cc1c(Cl)cccc1Cl)C(=O)COc1ccccc1C. The predicted octanol–water partition coefficient (Wildman–Crippen LogP) is 4.23. The molecular weight excluding hydrogens is 399 g/mol. The van der Waals surface area contributed by atoms with Crippen LogP contribution in [0.15, 0.2) is 42.5 Å². The molecule has 1 N–H and O–H groups in total. The van der Waals surface area contributed by atoms with Crippen molar-refractivity contribution in [3.05, 3.63) is 63.6 Å². The largest absolute Gasteiger partial charge is 0.484 e. The van der Waals surface area contributed by atoms with E-state index in [1.807, 2.05) is 32.0 Å². The number of rotatable bonds is 8. The normalized spacial score (nSPS) is 11.6. The second-order valence-electron chi connectivity index (χ2n) is 6.31. The van der Waals surface area contributed by atoms with Crippen molar-refractivity contribution in [2.45, 2.75) is 32.9 Å². The van der Waals surface area contributed by atoms with Gasteiger partial charge in [0.15, 0.2) is 6.61 Å². The van der Waals surface area contributed by atoms with Gasteiger partial charge in [0.25, 0.3) is 5.91 Å². The van der Waals surface area contributed by atoms with Crippen LogP contribution < -0.4 is 10.1 Å². The number of ether oxygens (including phenoxy) is 1. The van der Waals surface area contributed by atoms with E-state index < -0.39 is 6.04 Å². The highest BCUT2D eigenvalue weighted by Crippen LogP contribution is 2.27. The third kappa shape index (κ3) is 5.40. The van der Waals surface area contributed by atoms with Crippen LogP contribution in [0.25, 0.3) is 0 Å². The summed E-state index contributed by atoms with van der Waals surface area (Å²) in [6.45, 7) is 3.66. The minimum Gasteiger partial charge on any atom is -0.484 e. The fraction of sp³-hybridized carbons (Fsp3) is 0.333. The summed E-state index contributed by atoms with van der Waals surface area (Å²) in [5.41, 5.74) is 1.52. The number of hydrogen-bond donors (Lipinski definition) is 1. The van der Waals surface area contributed by atoms with Crippen LogP contribution in [0.3, 0.4) is 0 Å². The first-order valence-corrected chi connectivity index (χ1v) is 9.77. The highest BCUT2D eigenvalue weighted by Gasteiger charge is 2.29. The van der Waals surface area contributed by atoms with Gasteiger partial charge in [0.05, 0.1) is 0 Å². The summed E-state index contributed by atoms with van der Waals surface area (Å²) >= 11 is 12.6. The minimum absolute atomic E-state index is 0.112. The van der Waals surface area contributed by atoms with E-state index in [-0.39, 0.29) is 25.0 Å². The van der Waals surface area contributed by atoms with E-state index in [0.29, 0.717) is 27.8 Å². The molecule has 2 rings (SSSR count). The van der Waals surface area contributed by atoms with Gasteiger partial charge in [-0.15, -0.1) is 0 Å². The molecule has 7 heteroatoms. The van der Waals surface area contributed by atoms with Gasteiger partial charge in [-0.3, -0.25) is 9.59 Å². The zero-order valence-electron chi connectivity index (χ0n) is 16.2. The Morgan fingerprint density at radius 2 is 1.75 bits per heavy atom. The zero-order valence-corrected chi connectivity index (χ0v) is 17.7. The lowest BCUT2D eigenvalue weighted by molar-refractivity contribution is -0.142. The summed E-state index contributed by atoms with van der Waals surface area (Å²) in [7, 11) is 1.54. The summed E-state index contributed by atoms with van der Waals surface area (Å²) in [5.74, 6) is 0.0455. The number of carbonyl (C=O) groups excluding carboxylic acids is 2. The van der Waals surface area contributed by atoms with Crippen LogP contribution >= 0.6 is 23.2 Å². The van der Waals surface area contributed by atoms with Gasteiger partial charge in [-0.2, -0.15) is 0 Å². The summed E-state index contributed by atoms with van der Waals surface area (Å²) in [5, 5.41) is 3.49. The number of aryl methyl sites for hydroxylation is 1. The second-order valence-corrected chi connectivity index (χ2v) is 7.13.